The van der Waals surface area contributed by atoms with Crippen molar-refractivity contribution in [2.45, 2.75) is 18.9 Å². The zero-order chi connectivity index (χ0) is 14.0. The van der Waals surface area contributed by atoms with Gasteiger partial charge in [0.25, 0.3) is 0 Å². The summed E-state index contributed by atoms with van der Waals surface area (Å²) >= 11 is 0. The molecular formula is C14H17FN2O2. The smallest absolute Gasteiger partial charge is 0.245 e. The van der Waals surface area contributed by atoms with Crippen LogP contribution in [0.1, 0.15) is 12.0 Å². The minimum atomic E-state index is -0.383. The molecule has 1 aliphatic rings. The van der Waals surface area contributed by atoms with Crippen LogP contribution in [0.2, 0.25) is 0 Å². The minimum Gasteiger partial charge on any atom is -0.344 e. The molecule has 1 aliphatic heterocycles. The molecule has 2 amide bonds. The van der Waals surface area contributed by atoms with Crippen molar-refractivity contribution in [2.24, 2.45) is 0 Å². The van der Waals surface area contributed by atoms with Crippen molar-refractivity contribution in [3.05, 3.63) is 35.6 Å². The van der Waals surface area contributed by atoms with Gasteiger partial charge >= 0.3 is 0 Å². The van der Waals surface area contributed by atoms with Gasteiger partial charge in [-0.3, -0.25) is 9.59 Å². The highest BCUT2D eigenvalue weighted by molar-refractivity contribution is 5.89. The molecule has 1 heterocycles. The molecule has 0 aliphatic carbocycles. The number of hydrogen-bond donors (Lipinski definition) is 0. The molecule has 5 heteroatoms. The predicted octanol–water partition coefficient (Wildman–Crippen LogP) is 1.06. The number of amides is 2. The molecule has 1 aromatic rings. The molecule has 0 radical (unpaired) electrons. The first-order valence-corrected chi connectivity index (χ1v) is 6.24. The molecule has 2 rings (SSSR count). The van der Waals surface area contributed by atoms with E-state index in [1.54, 1.807) is 31.1 Å². The van der Waals surface area contributed by atoms with E-state index >= 15 is 0 Å². The molecule has 1 atom stereocenters. The number of carbonyl (C=O) groups is 2. The number of halogens is 1. The summed E-state index contributed by atoms with van der Waals surface area (Å²) in [5.41, 5.74) is 0.621. The molecule has 4 nitrogen and oxygen atoms in total. The molecule has 0 N–H and O–H groups in total. The van der Waals surface area contributed by atoms with Gasteiger partial charge in [0.2, 0.25) is 11.8 Å². The third-order valence-corrected chi connectivity index (χ3v) is 3.50. The van der Waals surface area contributed by atoms with Crippen molar-refractivity contribution in [1.29, 1.82) is 0 Å². The van der Waals surface area contributed by atoms with E-state index in [1.165, 1.54) is 17.0 Å². The number of nitrogens with zero attached hydrogens (tertiary/aromatic N) is 2. The van der Waals surface area contributed by atoms with Gasteiger partial charge in [0.15, 0.2) is 0 Å². The SMILES string of the molecule is CN1CCC(N(C)C(=O)Cc2cccc(F)c2)C1=O. The van der Waals surface area contributed by atoms with Crippen molar-refractivity contribution in [3.63, 3.8) is 0 Å². The Morgan fingerprint density at radius 2 is 2.26 bits per heavy atom. The van der Waals surface area contributed by atoms with Crippen LogP contribution in [0.4, 0.5) is 4.39 Å². The average molecular weight is 264 g/mol. The van der Waals surface area contributed by atoms with E-state index in [-0.39, 0.29) is 30.1 Å². The van der Waals surface area contributed by atoms with Gasteiger partial charge < -0.3 is 9.80 Å². The normalized spacial score (nSPS) is 18.8. The summed E-state index contributed by atoms with van der Waals surface area (Å²) in [4.78, 5) is 27.0. The molecule has 1 unspecified atom stereocenters. The van der Waals surface area contributed by atoms with E-state index in [2.05, 4.69) is 0 Å². The van der Waals surface area contributed by atoms with Gasteiger partial charge in [-0.1, -0.05) is 12.1 Å². The second kappa shape index (κ2) is 5.38. The second-order valence-electron chi connectivity index (χ2n) is 4.88. The van der Waals surface area contributed by atoms with Crippen molar-refractivity contribution in [3.8, 4) is 0 Å². The van der Waals surface area contributed by atoms with Gasteiger partial charge in [-0.25, -0.2) is 4.39 Å². The Morgan fingerprint density at radius 3 is 2.84 bits per heavy atom. The van der Waals surface area contributed by atoms with Crippen LogP contribution in [-0.4, -0.2) is 48.3 Å². The number of hydrogen-bond acceptors (Lipinski definition) is 2. The topological polar surface area (TPSA) is 40.6 Å². The Labute approximate surface area is 111 Å². The first kappa shape index (κ1) is 13.5. The Hall–Kier alpha value is -1.91. The van der Waals surface area contributed by atoms with Gasteiger partial charge in [0.1, 0.15) is 11.9 Å². The maximum absolute atomic E-state index is 13.0. The van der Waals surface area contributed by atoms with Crippen molar-refractivity contribution >= 4 is 11.8 Å². The summed E-state index contributed by atoms with van der Waals surface area (Å²) in [6.45, 7) is 0.668. The lowest BCUT2D eigenvalue weighted by Gasteiger charge is -2.23. The van der Waals surface area contributed by atoms with Crippen LogP contribution in [0.25, 0.3) is 0 Å². The summed E-state index contributed by atoms with van der Waals surface area (Å²) in [7, 11) is 3.36. The molecule has 0 spiro atoms. The van der Waals surface area contributed by atoms with Crippen LogP contribution in [0, 0.1) is 5.82 Å². The third kappa shape index (κ3) is 2.92. The molecule has 0 aromatic heterocycles. The lowest BCUT2D eigenvalue weighted by Crippen LogP contribution is -2.42. The largest absolute Gasteiger partial charge is 0.344 e. The van der Waals surface area contributed by atoms with E-state index in [0.29, 0.717) is 18.5 Å². The monoisotopic (exact) mass is 264 g/mol. The maximum Gasteiger partial charge on any atom is 0.245 e. The zero-order valence-corrected chi connectivity index (χ0v) is 11.1. The van der Waals surface area contributed by atoms with E-state index in [9.17, 15) is 14.0 Å². The summed E-state index contributed by atoms with van der Waals surface area (Å²) in [5, 5.41) is 0. The standard InChI is InChI=1S/C14H17FN2O2/c1-16-7-6-12(14(16)19)17(2)13(18)9-10-4-3-5-11(15)8-10/h3-5,8,12H,6-7,9H2,1-2H3. The summed E-state index contributed by atoms with van der Waals surface area (Å²) < 4.78 is 13.0. The Bertz CT molecular complexity index is 504. The van der Waals surface area contributed by atoms with E-state index in [4.69, 9.17) is 0 Å². The van der Waals surface area contributed by atoms with Crippen LogP contribution in [0.15, 0.2) is 24.3 Å². The lowest BCUT2D eigenvalue weighted by molar-refractivity contribution is -0.139. The Balaban J connectivity index is 2.02. The molecule has 1 aromatic carbocycles. The molecule has 0 saturated carbocycles. The number of benzene rings is 1. The maximum atomic E-state index is 13.0. The predicted molar refractivity (Wildman–Crippen MR) is 68.9 cm³/mol. The molecule has 0 bridgehead atoms. The van der Waals surface area contributed by atoms with Gasteiger partial charge in [-0.15, -0.1) is 0 Å². The molecule has 102 valence electrons. The quantitative estimate of drug-likeness (QED) is 0.819. The van der Waals surface area contributed by atoms with Crippen LogP contribution in [-0.2, 0) is 16.0 Å². The number of likely N-dealkylation sites (N-methyl/N-ethyl adjacent to an activating group) is 2. The highest BCUT2D eigenvalue weighted by Gasteiger charge is 2.34. The van der Waals surface area contributed by atoms with Gasteiger partial charge in [-0.2, -0.15) is 0 Å². The van der Waals surface area contributed by atoms with Gasteiger partial charge in [0.05, 0.1) is 6.42 Å². The van der Waals surface area contributed by atoms with Crippen molar-refractivity contribution < 1.29 is 14.0 Å². The Kier molecular flexibility index (Phi) is 3.83. The summed E-state index contributed by atoms with van der Waals surface area (Å²) in [6.07, 6.45) is 0.766. The first-order chi connectivity index (χ1) is 8.99. The second-order valence-corrected chi connectivity index (χ2v) is 4.88. The zero-order valence-electron chi connectivity index (χ0n) is 11.1. The number of likely N-dealkylation sites (tertiary alicyclic amines) is 1. The highest BCUT2D eigenvalue weighted by atomic mass is 19.1. The fourth-order valence-electron chi connectivity index (χ4n) is 2.28. The third-order valence-electron chi connectivity index (χ3n) is 3.50. The first-order valence-electron chi connectivity index (χ1n) is 6.24. The molecular weight excluding hydrogens is 247 g/mol. The lowest BCUT2D eigenvalue weighted by atomic mass is 10.1. The van der Waals surface area contributed by atoms with Crippen LogP contribution >= 0.6 is 0 Å². The summed E-state index contributed by atoms with van der Waals surface area (Å²) in [5.74, 6) is -0.557. The minimum absolute atomic E-state index is 0.0323. The van der Waals surface area contributed by atoms with E-state index < -0.39 is 0 Å². The highest BCUT2D eigenvalue weighted by Crippen LogP contribution is 2.16. The van der Waals surface area contributed by atoms with Crippen molar-refractivity contribution in [1.82, 2.24) is 9.80 Å². The Morgan fingerprint density at radius 1 is 1.53 bits per heavy atom. The average Bonchev–Trinajstić information content (AvgIpc) is 2.69. The van der Waals surface area contributed by atoms with Gasteiger partial charge in [0, 0.05) is 20.6 Å². The number of carbonyl (C=O) groups excluding carboxylic acids is 2. The molecule has 19 heavy (non-hydrogen) atoms. The fraction of sp³-hybridized carbons (Fsp3) is 0.429. The molecule has 1 saturated heterocycles. The van der Waals surface area contributed by atoms with Crippen LogP contribution in [0.5, 0.6) is 0 Å². The fourth-order valence-corrected chi connectivity index (χ4v) is 2.28. The van der Waals surface area contributed by atoms with E-state index in [0.717, 1.165) is 0 Å². The molecule has 1 fully saturated rings. The van der Waals surface area contributed by atoms with Crippen LogP contribution in [0.3, 0.4) is 0 Å². The van der Waals surface area contributed by atoms with E-state index in [1.807, 2.05) is 0 Å². The summed E-state index contributed by atoms with van der Waals surface area (Å²) in [6, 6.07) is 5.58. The van der Waals surface area contributed by atoms with Crippen LogP contribution < -0.4 is 0 Å². The van der Waals surface area contributed by atoms with Crippen molar-refractivity contribution in [2.75, 3.05) is 20.6 Å². The number of rotatable bonds is 3. The van der Waals surface area contributed by atoms with Gasteiger partial charge in [-0.05, 0) is 24.1 Å².